The molecule has 0 saturated heterocycles. The minimum Gasteiger partial charge on any atom is -0.348 e. The maximum atomic E-state index is 12.5. The van der Waals surface area contributed by atoms with E-state index in [4.69, 9.17) is 0 Å². The first-order chi connectivity index (χ1) is 10.7. The highest BCUT2D eigenvalue weighted by atomic mass is 16.2. The number of amides is 1. The fraction of sp³-hybridized carbons (Fsp3) is 0.533. The van der Waals surface area contributed by atoms with Crippen LogP contribution in [0.25, 0.3) is 0 Å². The molecular weight excluding hydrogens is 282 g/mol. The molecule has 1 fully saturated rings. The third kappa shape index (κ3) is 2.08. The number of anilines is 1. The summed E-state index contributed by atoms with van der Waals surface area (Å²) in [6.07, 6.45) is 9.26. The van der Waals surface area contributed by atoms with Crippen LogP contribution in [0.15, 0.2) is 17.2 Å². The summed E-state index contributed by atoms with van der Waals surface area (Å²) >= 11 is 0. The van der Waals surface area contributed by atoms with Gasteiger partial charge in [-0.15, -0.1) is 0 Å². The molecule has 1 aliphatic heterocycles. The van der Waals surface area contributed by atoms with Crippen molar-refractivity contribution in [3.05, 3.63) is 34.1 Å². The monoisotopic (exact) mass is 301 g/mol. The van der Waals surface area contributed by atoms with Gasteiger partial charge in [0.15, 0.2) is 0 Å². The van der Waals surface area contributed by atoms with Gasteiger partial charge in [-0.05, 0) is 12.8 Å². The topological polar surface area (TPSA) is 95.6 Å². The third-order valence-corrected chi connectivity index (χ3v) is 4.75. The van der Waals surface area contributed by atoms with E-state index in [0.717, 1.165) is 25.7 Å². The lowest BCUT2D eigenvalue weighted by Crippen LogP contribution is -2.28. The zero-order valence-corrected chi connectivity index (χ0v) is 12.3. The van der Waals surface area contributed by atoms with Crippen LogP contribution in [0.2, 0.25) is 0 Å². The summed E-state index contributed by atoms with van der Waals surface area (Å²) in [7, 11) is 0. The Morgan fingerprint density at radius 1 is 1.18 bits per heavy atom. The van der Waals surface area contributed by atoms with E-state index in [-0.39, 0.29) is 29.8 Å². The lowest BCUT2D eigenvalue weighted by molar-refractivity contribution is -0.116. The van der Waals surface area contributed by atoms with Gasteiger partial charge >= 0.3 is 0 Å². The quantitative estimate of drug-likeness (QED) is 0.790. The number of aromatic nitrogens is 4. The second-order valence-electron chi connectivity index (χ2n) is 6.14. The number of imidazole rings is 1. The van der Waals surface area contributed by atoms with Crippen LogP contribution < -0.4 is 10.9 Å². The van der Waals surface area contributed by atoms with Crippen molar-refractivity contribution < 1.29 is 4.79 Å². The summed E-state index contributed by atoms with van der Waals surface area (Å²) in [5, 5.41) is 5.83. The molecule has 0 aromatic carbocycles. The minimum atomic E-state index is -0.299. The Morgan fingerprint density at radius 3 is 2.73 bits per heavy atom. The van der Waals surface area contributed by atoms with E-state index in [1.807, 2.05) is 4.68 Å². The molecule has 0 spiro atoms. The Labute approximate surface area is 127 Å². The first kappa shape index (κ1) is 13.4. The molecule has 22 heavy (non-hydrogen) atoms. The van der Waals surface area contributed by atoms with E-state index in [9.17, 15) is 9.59 Å². The lowest BCUT2D eigenvalue weighted by atomic mass is 9.92. The van der Waals surface area contributed by atoms with Crippen LogP contribution in [0, 0.1) is 0 Å². The van der Waals surface area contributed by atoms with Crippen molar-refractivity contribution in [1.29, 1.82) is 0 Å². The van der Waals surface area contributed by atoms with Crippen LogP contribution in [-0.2, 0) is 4.79 Å². The van der Waals surface area contributed by atoms with Gasteiger partial charge in [0.25, 0.3) is 5.56 Å². The molecule has 3 heterocycles. The number of aromatic amines is 2. The van der Waals surface area contributed by atoms with E-state index >= 15 is 0 Å². The van der Waals surface area contributed by atoms with E-state index in [1.54, 1.807) is 12.4 Å². The number of carbonyl (C=O) groups is 1. The Bertz CT molecular complexity index is 737. The second kappa shape index (κ2) is 5.15. The summed E-state index contributed by atoms with van der Waals surface area (Å²) in [5.41, 5.74) is 0.502. The molecule has 0 bridgehead atoms. The number of rotatable bonds is 2. The number of H-pyrrole nitrogens is 2. The molecule has 7 nitrogen and oxygen atoms in total. The van der Waals surface area contributed by atoms with Crippen LogP contribution in [-0.4, -0.2) is 25.7 Å². The van der Waals surface area contributed by atoms with E-state index in [2.05, 4.69) is 20.4 Å². The van der Waals surface area contributed by atoms with Gasteiger partial charge < -0.3 is 10.3 Å². The number of nitrogens with zero attached hydrogens (tertiary/aromatic N) is 2. The molecule has 1 atom stereocenters. The van der Waals surface area contributed by atoms with E-state index in [1.165, 1.54) is 6.42 Å². The van der Waals surface area contributed by atoms with Crippen LogP contribution in [0.5, 0.6) is 0 Å². The molecule has 116 valence electrons. The van der Waals surface area contributed by atoms with Crippen LogP contribution in [0.4, 0.5) is 5.82 Å². The second-order valence-corrected chi connectivity index (χ2v) is 6.14. The summed E-state index contributed by atoms with van der Waals surface area (Å²) < 4.78 is 1.88. The van der Waals surface area contributed by atoms with Crippen molar-refractivity contribution in [2.24, 2.45) is 0 Å². The zero-order chi connectivity index (χ0) is 15.1. The smallest absolute Gasteiger partial charge is 0.270 e. The molecule has 1 amide bonds. The molecule has 4 rings (SSSR count). The maximum Gasteiger partial charge on any atom is 0.270 e. The highest BCUT2D eigenvalue weighted by molar-refractivity contribution is 5.94. The molecule has 3 N–H and O–H groups in total. The molecule has 2 aliphatic rings. The maximum absolute atomic E-state index is 12.5. The number of nitrogens with one attached hydrogen (secondary N) is 3. The van der Waals surface area contributed by atoms with E-state index < -0.39 is 0 Å². The number of hydrogen-bond donors (Lipinski definition) is 3. The van der Waals surface area contributed by atoms with Gasteiger partial charge in [-0.1, -0.05) is 19.3 Å². The number of fused-ring (bicyclic) bond motifs is 1. The van der Waals surface area contributed by atoms with Gasteiger partial charge in [0.1, 0.15) is 11.6 Å². The normalized spacial score (nSPS) is 22.4. The summed E-state index contributed by atoms with van der Waals surface area (Å²) in [6.45, 7) is 0. The molecule has 1 aliphatic carbocycles. The van der Waals surface area contributed by atoms with Gasteiger partial charge in [-0.25, -0.2) is 4.98 Å². The minimum absolute atomic E-state index is 0.0718. The van der Waals surface area contributed by atoms with Gasteiger partial charge in [0.2, 0.25) is 5.91 Å². The Hall–Kier alpha value is -2.31. The zero-order valence-electron chi connectivity index (χ0n) is 12.3. The van der Waals surface area contributed by atoms with Gasteiger partial charge in [-0.3, -0.25) is 19.4 Å². The third-order valence-electron chi connectivity index (χ3n) is 4.75. The van der Waals surface area contributed by atoms with Crippen molar-refractivity contribution in [3.8, 4) is 0 Å². The van der Waals surface area contributed by atoms with Crippen LogP contribution >= 0.6 is 0 Å². The highest BCUT2D eigenvalue weighted by Gasteiger charge is 2.35. The molecule has 0 unspecified atom stereocenters. The van der Waals surface area contributed by atoms with Crippen LogP contribution in [0.3, 0.4) is 0 Å². The Morgan fingerprint density at radius 2 is 2.00 bits per heavy atom. The van der Waals surface area contributed by atoms with Crippen molar-refractivity contribution >= 4 is 11.7 Å². The first-order valence-electron chi connectivity index (χ1n) is 7.87. The molecular formula is C15H19N5O2. The van der Waals surface area contributed by atoms with E-state index in [0.29, 0.717) is 17.2 Å². The largest absolute Gasteiger partial charge is 0.348 e. The predicted octanol–water partition coefficient (Wildman–Crippen LogP) is 1.88. The van der Waals surface area contributed by atoms with Gasteiger partial charge in [-0.2, -0.15) is 0 Å². The van der Waals surface area contributed by atoms with Crippen molar-refractivity contribution in [1.82, 2.24) is 19.7 Å². The standard InChI is InChI=1S/C15H19N5O2/c21-11-8-10(13-16-6-7-17-13)12-14(18-11)20(19-15(12)22)9-4-2-1-3-5-9/h6-7,9-10H,1-5,8H2,(H,16,17)(H,18,21)(H,19,22)/t10-/m1/s1. The van der Waals surface area contributed by atoms with Gasteiger partial charge in [0, 0.05) is 18.8 Å². The average molecular weight is 301 g/mol. The first-order valence-corrected chi connectivity index (χ1v) is 7.87. The fourth-order valence-electron chi connectivity index (χ4n) is 3.70. The summed E-state index contributed by atoms with van der Waals surface area (Å²) in [4.78, 5) is 31.8. The van der Waals surface area contributed by atoms with Gasteiger partial charge in [0.05, 0.1) is 17.5 Å². The summed E-state index contributed by atoms with van der Waals surface area (Å²) in [6, 6.07) is 0.265. The molecule has 2 aromatic rings. The van der Waals surface area contributed by atoms with Crippen molar-refractivity contribution in [2.75, 3.05) is 5.32 Å². The predicted molar refractivity (Wildman–Crippen MR) is 80.9 cm³/mol. The SMILES string of the molecule is O=C1C[C@@H](c2ncc[nH]2)c2c(n(C3CCCCC3)[nH]c2=O)N1. The number of hydrogen-bond acceptors (Lipinski definition) is 3. The molecule has 2 aromatic heterocycles. The molecule has 1 saturated carbocycles. The fourth-order valence-corrected chi connectivity index (χ4v) is 3.70. The van der Waals surface area contributed by atoms with Crippen molar-refractivity contribution in [2.45, 2.75) is 50.5 Å². The Balaban J connectivity index is 1.81. The van der Waals surface area contributed by atoms with Crippen LogP contribution in [0.1, 0.15) is 61.9 Å². The summed E-state index contributed by atoms with van der Waals surface area (Å²) in [5.74, 6) is 0.933. The lowest BCUT2D eigenvalue weighted by Gasteiger charge is -2.27. The highest BCUT2D eigenvalue weighted by Crippen LogP contribution is 2.37. The Kier molecular flexibility index (Phi) is 3.13. The molecule has 0 radical (unpaired) electrons. The van der Waals surface area contributed by atoms with Crippen molar-refractivity contribution in [3.63, 3.8) is 0 Å². The molecule has 7 heteroatoms. The number of carbonyl (C=O) groups excluding carboxylic acids is 1. The average Bonchev–Trinajstić information content (AvgIpc) is 3.16.